The molecule has 0 spiro atoms. The molecule has 0 heterocycles. The third kappa shape index (κ3) is 18.6. The summed E-state index contributed by atoms with van der Waals surface area (Å²) >= 11 is 0. The summed E-state index contributed by atoms with van der Waals surface area (Å²) in [5.74, 6) is -0.0863. The van der Waals surface area contributed by atoms with Gasteiger partial charge >= 0.3 is 23.9 Å². The van der Waals surface area contributed by atoms with Gasteiger partial charge in [-0.25, -0.2) is 19.2 Å². The van der Waals surface area contributed by atoms with Crippen LogP contribution in [0.4, 0.5) is 0 Å². The van der Waals surface area contributed by atoms with Crippen molar-refractivity contribution in [3.63, 3.8) is 0 Å². The molecule has 0 amide bonds. The van der Waals surface area contributed by atoms with Gasteiger partial charge in [-0.2, -0.15) is 0 Å². The second-order valence-corrected chi connectivity index (χ2v) is 14.2. The van der Waals surface area contributed by atoms with Crippen LogP contribution in [0, 0.1) is 0 Å². The van der Waals surface area contributed by atoms with E-state index < -0.39 is 23.9 Å². The van der Waals surface area contributed by atoms with Crippen LogP contribution in [-0.4, -0.2) is 50.3 Å². The van der Waals surface area contributed by atoms with E-state index in [2.05, 4.69) is 13.8 Å². The fourth-order valence-corrected chi connectivity index (χ4v) is 5.92. The lowest BCUT2D eigenvalue weighted by Gasteiger charge is -2.10. The van der Waals surface area contributed by atoms with Crippen molar-refractivity contribution in [1.29, 1.82) is 0 Å². The lowest BCUT2D eigenvalue weighted by molar-refractivity contribution is -0.138. The Labute approximate surface area is 354 Å². The Kier molecular flexibility index (Phi) is 21.3. The molecule has 4 aromatic carbocycles. The van der Waals surface area contributed by atoms with Crippen molar-refractivity contribution in [2.24, 2.45) is 0 Å². The summed E-state index contributed by atoms with van der Waals surface area (Å²) in [5, 5.41) is 0. The molecule has 0 aromatic heterocycles. The molecule has 0 unspecified atom stereocenters. The molecule has 4 rings (SSSR count). The minimum absolute atomic E-state index is 0.238. The predicted octanol–water partition coefficient (Wildman–Crippen LogP) is 11.4. The molecule has 0 atom stereocenters. The largest absolute Gasteiger partial charge is 0.490 e. The maximum absolute atomic E-state index is 12.8. The normalized spacial score (nSPS) is 11.0. The predicted molar refractivity (Wildman–Crippen MR) is 233 cm³/mol. The highest BCUT2D eigenvalue weighted by Gasteiger charge is 2.11. The summed E-state index contributed by atoms with van der Waals surface area (Å²) in [5.41, 5.74) is 2.08. The van der Waals surface area contributed by atoms with Crippen molar-refractivity contribution in [1.82, 2.24) is 0 Å². The molecule has 10 nitrogen and oxygen atoms in total. The summed E-state index contributed by atoms with van der Waals surface area (Å²) < 4.78 is 33.2. The second-order valence-electron chi connectivity index (χ2n) is 14.2. The van der Waals surface area contributed by atoms with E-state index in [-0.39, 0.29) is 13.2 Å². The van der Waals surface area contributed by atoms with E-state index in [0.717, 1.165) is 38.5 Å². The fourth-order valence-electron chi connectivity index (χ4n) is 5.92. The number of rotatable bonds is 27. The van der Waals surface area contributed by atoms with E-state index in [0.29, 0.717) is 58.5 Å². The molecule has 0 radical (unpaired) electrons. The Morgan fingerprint density at radius 1 is 0.433 bits per heavy atom. The third-order valence-electron chi connectivity index (χ3n) is 9.25. The van der Waals surface area contributed by atoms with Gasteiger partial charge in [0.2, 0.25) is 0 Å². The Bertz CT molecular complexity index is 1820. The monoisotopic (exact) mass is 818 g/mol. The minimum Gasteiger partial charge on any atom is -0.490 e. The number of hydrogen-bond donors (Lipinski definition) is 0. The highest BCUT2D eigenvalue weighted by Crippen LogP contribution is 2.20. The van der Waals surface area contributed by atoms with Gasteiger partial charge in [0.05, 0.1) is 24.3 Å². The smallest absolute Gasteiger partial charge is 0.343 e. The molecule has 60 heavy (non-hydrogen) atoms. The molecule has 318 valence electrons. The second kappa shape index (κ2) is 27.5. The summed E-state index contributed by atoms with van der Waals surface area (Å²) in [6, 6.07) is 26.9. The molecular weight excluding hydrogens is 761 g/mol. The van der Waals surface area contributed by atoms with Gasteiger partial charge in [-0.1, -0.05) is 102 Å². The van der Waals surface area contributed by atoms with Crippen LogP contribution in [0.5, 0.6) is 23.0 Å². The number of carbonyl (C=O) groups excluding carboxylic acids is 4. The fraction of sp³-hybridized carbons (Fsp3) is 0.360. The molecule has 0 aliphatic heterocycles. The van der Waals surface area contributed by atoms with Crippen molar-refractivity contribution >= 4 is 36.0 Å². The summed E-state index contributed by atoms with van der Waals surface area (Å²) in [4.78, 5) is 49.8. The number of hydrogen-bond acceptors (Lipinski definition) is 10. The zero-order valence-corrected chi connectivity index (χ0v) is 34.9. The number of unbranched alkanes of at least 4 members (excludes halogenated alkanes) is 10. The topological polar surface area (TPSA) is 124 Å². The number of esters is 4. The first kappa shape index (κ1) is 46.5. The highest BCUT2D eigenvalue weighted by molar-refractivity contribution is 5.92. The van der Waals surface area contributed by atoms with E-state index in [1.807, 2.05) is 0 Å². The van der Waals surface area contributed by atoms with Crippen LogP contribution < -0.4 is 18.9 Å². The number of benzene rings is 4. The Morgan fingerprint density at radius 3 is 1.22 bits per heavy atom. The lowest BCUT2D eigenvalue weighted by Crippen LogP contribution is -2.11. The SMILES string of the molecule is CCCCCCCCOC(=O)/C=C/c1cccc(OC(=O)c2ccc(OCCOc3ccc(C(=O)Oc4cccc(/C=C/C(=O)OCCCCCCCC)c4)cc3)cc2)c1. The van der Waals surface area contributed by atoms with Gasteiger partial charge in [0.25, 0.3) is 0 Å². The maximum atomic E-state index is 12.8. The van der Waals surface area contributed by atoms with Crippen LogP contribution in [0.2, 0.25) is 0 Å². The van der Waals surface area contributed by atoms with E-state index >= 15 is 0 Å². The quantitative estimate of drug-likeness (QED) is 0.0248. The highest BCUT2D eigenvalue weighted by atomic mass is 16.5. The molecular formula is C50H58O10. The van der Waals surface area contributed by atoms with Gasteiger partial charge in [0.1, 0.15) is 36.2 Å². The van der Waals surface area contributed by atoms with Crippen molar-refractivity contribution in [2.45, 2.75) is 90.9 Å². The van der Waals surface area contributed by atoms with Crippen molar-refractivity contribution in [3.05, 3.63) is 131 Å². The van der Waals surface area contributed by atoms with Gasteiger partial charge in [-0.15, -0.1) is 0 Å². The van der Waals surface area contributed by atoms with Gasteiger partial charge in [0, 0.05) is 12.2 Å². The minimum atomic E-state index is -0.532. The van der Waals surface area contributed by atoms with Crippen LogP contribution >= 0.6 is 0 Å². The van der Waals surface area contributed by atoms with Crippen molar-refractivity contribution < 1.29 is 47.6 Å². The van der Waals surface area contributed by atoms with E-state index in [4.69, 9.17) is 28.4 Å². The zero-order valence-electron chi connectivity index (χ0n) is 34.9. The van der Waals surface area contributed by atoms with E-state index in [1.54, 1.807) is 109 Å². The van der Waals surface area contributed by atoms with Crippen molar-refractivity contribution in [2.75, 3.05) is 26.4 Å². The molecule has 0 saturated heterocycles. The van der Waals surface area contributed by atoms with E-state index in [9.17, 15) is 19.2 Å². The first-order valence-corrected chi connectivity index (χ1v) is 21.1. The number of carbonyl (C=O) groups is 4. The van der Waals surface area contributed by atoms with Crippen molar-refractivity contribution in [3.8, 4) is 23.0 Å². The van der Waals surface area contributed by atoms with Gasteiger partial charge in [-0.3, -0.25) is 0 Å². The Morgan fingerprint density at radius 2 is 0.817 bits per heavy atom. The summed E-state index contributed by atoms with van der Waals surface area (Å²) in [6.45, 7) is 5.65. The van der Waals surface area contributed by atoms with E-state index in [1.165, 1.54) is 50.7 Å². The summed E-state index contributed by atoms with van der Waals surface area (Å²) in [7, 11) is 0. The molecule has 0 aliphatic rings. The zero-order chi connectivity index (χ0) is 42.6. The summed E-state index contributed by atoms with van der Waals surface area (Å²) in [6.07, 6.45) is 19.4. The van der Waals surface area contributed by atoms with Crippen LogP contribution in [0.15, 0.2) is 109 Å². The van der Waals surface area contributed by atoms with Crippen LogP contribution in [0.25, 0.3) is 12.2 Å². The molecule has 0 fully saturated rings. The Balaban J connectivity index is 1.12. The third-order valence-corrected chi connectivity index (χ3v) is 9.25. The van der Waals surface area contributed by atoms with Crippen LogP contribution in [0.1, 0.15) is 123 Å². The molecule has 0 aliphatic carbocycles. The average Bonchev–Trinajstić information content (AvgIpc) is 3.26. The first-order valence-electron chi connectivity index (χ1n) is 21.1. The standard InChI is InChI=1S/C50H58O10/c1-3-5-7-9-11-13-33-57-47(51)31-21-39-17-15-19-45(37-39)59-49(53)41-23-27-43(28-24-41)55-35-36-56-44-29-25-42(26-30-44)50(54)60-46-20-16-18-40(38-46)22-32-48(52)58-34-14-12-10-8-6-4-2/h15-32,37-38H,3-14,33-36H2,1-2H3/b31-21+,32-22+. The van der Waals surface area contributed by atoms with Gasteiger partial charge < -0.3 is 28.4 Å². The van der Waals surface area contributed by atoms with Gasteiger partial charge in [0.15, 0.2) is 0 Å². The van der Waals surface area contributed by atoms with Crippen LogP contribution in [-0.2, 0) is 19.1 Å². The molecule has 0 N–H and O–H groups in total. The first-order chi connectivity index (χ1) is 29.3. The molecule has 4 aromatic rings. The van der Waals surface area contributed by atoms with Crippen LogP contribution in [0.3, 0.4) is 0 Å². The molecule has 0 saturated carbocycles. The molecule has 10 heteroatoms. The lowest BCUT2D eigenvalue weighted by atomic mass is 10.1. The average molecular weight is 819 g/mol. The molecule has 0 bridgehead atoms. The Hall–Kier alpha value is -6.16. The maximum Gasteiger partial charge on any atom is 0.343 e. The van der Waals surface area contributed by atoms with Gasteiger partial charge in [-0.05, 0) is 109 Å². The number of ether oxygens (including phenoxy) is 6.